The summed E-state index contributed by atoms with van der Waals surface area (Å²) in [7, 11) is 0. The molecule has 0 atom stereocenters. The molecule has 0 unspecified atom stereocenters. The monoisotopic (exact) mass is 375 g/mol. The van der Waals surface area contributed by atoms with Crippen LogP contribution in [0.3, 0.4) is 0 Å². The number of fused-ring (bicyclic) bond motifs is 1. The lowest BCUT2D eigenvalue weighted by Gasteiger charge is -2.32. The van der Waals surface area contributed by atoms with Gasteiger partial charge in [-0.3, -0.25) is 4.90 Å². The number of nitrogens with zero attached hydrogens (tertiary/aromatic N) is 1. The van der Waals surface area contributed by atoms with E-state index < -0.39 is 11.7 Å². The van der Waals surface area contributed by atoms with Crippen molar-refractivity contribution < 1.29 is 22.6 Å². The van der Waals surface area contributed by atoms with E-state index in [1.165, 1.54) is 24.1 Å². The summed E-state index contributed by atoms with van der Waals surface area (Å²) in [5.74, 6) is 1.40. The van der Waals surface area contributed by atoms with Gasteiger partial charge < -0.3 is 9.47 Å². The van der Waals surface area contributed by atoms with Gasteiger partial charge in [0.25, 0.3) is 0 Å². The Balaban J connectivity index is 1.38. The third-order valence-corrected chi connectivity index (χ3v) is 4.82. The van der Waals surface area contributed by atoms with Crippen molar-refractivity contribution in [2.45, 2.75) is 19.2 Å². The fourth-order valence-corrected chi connectivity index (χ4v) is 3.16. The number of benzene rings is 2. The topological polar surface area (TPSA) is 21.7 Å². The molecule has 2 aromatic rings. The van der Waals surface area contributed by atoms with Crippen LogP contribution in [0.2, 0.25) is 0 Å². The van der Waals surface area contributed by atoms with Crippen molar-refractivity contribution in [3.63, 3.8) is 0 Å². The number of halogens is 3. The van der Waals surface area contributed by atoms with Gasteiger partial charge in [-0.15, -0.1) is 0 Å². The molecule has 3 nitrogen and oxygen atoms in total. The maximum absolute atomic E-state index is 12.6. The van der Waals surface area contributed by atoms with Gasteiger partial charge >= 0.3 is 6.18 Å². The quantitative estimate of drug-likeness (QED) is 0.752. The van der Waals surface area contributed by atoms with Crippen molar-refractivity contribution in [3.05, 3.63) is 64.7 Å². The van der Waals surface area contributed by atoms with Crippen LogP contribution in [0.1, 0.15) is 23.1 Å². The summed E-state index contributed by atoms with van der Waals surface area (Å²) < 4.78 is 49.4. The van der Waals surface area contributed by atoms with E-state index >= 15 is 0 Å². The predicted molar refractivity (Wildman–Crippen MR) is 96.7 cm³/mol. The molecule has 0 bridgehead atoms. The summed E-state index contributed by atoms with van der Waals surface area (Å²) in [6, 6.07) is 10.6. The molecule has 4 rings (SSSR count). The average Bonchev–Trinajstić information content (AvgIpc) is 2.62. The van der Waals surface area contributed by atoms with Crippen LogP contribution in [-0.4, -0.2) is 31.1 Å². The summed E-state index contributed by atoms with van der Waals surface area (Å²) in [5.41, 5.74) is 2.31. The fourth-order valence-electron chi connectivity index (χ4n) is 3.16. The molecule has 0 radical (unpaired) electrons. The molecule has 2 aliphatic heterocycles. The lowest BCUT2D eigenvalue weighted by atomic mass is 10.1. The van der Waals surface area contributed by atoms with Crippen molar-refractivity contribution in [2.75, 3.05) is 26.2 Å². The van der Waals surface area contributed by atoms with Gasteiger partial charge in [-0.25, -0.2) is 0 Å². The second kappa shape index (κ2) is 7.27. The number of rotatable bonds is 5. The van der Waals surface area contributed by atoms with E-state index in [0.717, 1.165) is 43.1 Å². The molecule has 2 aliphatic rings. The van der Waals surface area contributed by atoms with E-state index in [4.69, 9.17) is 9.47 Å². The van der Waals surface area contributed by atoms with Crippen molar-refractivity contribution in [2.24, 2.45) is 0 Å². The van der Waals surface area contributed by atoms with Crippen LogP contribution in [0.15, 0.2) is 48.0 Å². The van der Waals surface area contributed by atoms with E-state index in [9.17, 15) is 13.2 Å². The second-order valence-electron chi connectivity index (χ2n) is 6.90. The third kappa shape index (κ3) is 4.27. The number of likely N-dealkylation sites (tertiary alicyclic amines) is 1. The molecule has 0 saturated carbocycles. The van der Waals surface area contributed by atoms with Gasteiger partial charge in [-0.2, -0.15) is 13.2 Å². The van der Waals surface area contributed by atoms with Crippen molar-refractivity contribution in [1.82, 2.24) is 4.90 Å². The molecule has 2 aromatic carbocycles. The van der Waals surface area contributed by atoms with E-state index in [1.54, 1.807) is 0 Å². The Hall–Kier alpha value is -2.47. The number of ether oxygens (including phenoxy) is 2. The van der Waals surface area contributed by atoms with Crippen LogP contribution in [-0.2, 0) is 12.8 Å². The molecule has 0 aliphatic carbocycles. The Morgan fingerprint density at radius 1 is 1.04 bits per heavy atom. The lowest BCUT2D eigenvalue weighted by Crippen LogP contribution is -2.39. The van der Waals surface area contributed by atoms with Crippen LogP contribution in [0.4, 0.5) is 13.2 Å². The van der Waals surface area contributed by atoms with Crippen LogP contribution >= 0.6 is 0 Å². The highest BCUT2D eigenvalue weighted by Gasteiger charge is 2.29. The van der Waals surface area contributed by atoms with Gasteiger partial charge in [-0.1, -0.05) is 12.1 Å². The van der Waals surface area contributed by atoms with E-state index in [-0.39, 0.29) is 6.61 Å². The number of hydrogen-bond acceptors (Lipinski definition) is 3. The molecule has 0 amide bonds. The van der Waals surface area contributed by atoms with Gasteiger partial charge in [0.2, 0.25) is 0 Å². The van der Waals surface area contributed by atoms with E-state index in [0.29, 0.717) is 17.9 Å². The smallest absolute Gasteiger partial charge is 0.416 e. The zero-order valence-corrected chi connectivity index (χ0v) is 14.8. The first kappa shape index (κ1) is 17.9. The number of hydrogen-bond donors (Lipinski definition) is 0. The summed E-state index contributed by atoms with van der Waals surface area (Å²) >= 11 is 0. The highest BCUT2D eigenvalue weighted by molar-refractivity contribution is 5.64. The Morgan fingerprint density at radius 3 is 2.48 bits per heavy atom. The molecule has 1 saturated heterocycles. The molecule has 6 heteroatoms. The van der Waals surface area contributed by atoms with Gasteiger partial charge in [0.1, 0.15) is 24.7 Å². The highest BCUT2D eigenvalue weighted by atomic mass is 19.4. The first-order chi connectivity index (χ1) is 13.0. The van der Waals surface area contributed by atoms with Gasteiger partial charge in [-0.05, 0) is 61.0 Å². The van der Waals surface area contributed by atoms with Crippen molar-refractivity contribution in [3.8, 4) is 11.5 Å². The molecule has 142 valence electrons. The molecule has 2 heterocycles. The summed E-state index contributed by atoms with van der Waals surface area (Å²) in [6.45, 7) is 4.03. The Labute approximate surface area is 156 Å². The first-order valence-electron chi connectivity index (χ1n) is 8.95. The summed E-state index contributed by atoms with van der Waals surface area (Å²) in [5, 5.41) is 0. The average molecular weight is 375 g/mol. The molecule has 1 fully saturated rings. The zero-order valence-electron chi connectivity index (χ0n) is 14.8. The first-order valence-corrected chi connectivity index (χ1v) is 8.95. The molecular weight excluding hydrogens is 355 g/mol. The third-order valence-electron chi connectivity index (χ3n) is 4.82. The maximum atomic E-state index is 12.6. The largest absolute Gasteiger partial charge is 0.489 e. The van der Waals surface area contributed by atoms with Gasteiger partial charge in [0, 0.05) is 18.2 Å². The SMILES string of the molecule is FC(F)(F)c1ccc(COc2ccc3c(c2)OCC(CN2CCC2)=C3)cc1. The minimum absolute atomic E-state index is 0.201. The van der Waals surface area contributed by atoms with E-state index in [1.807, 2.05) is 18.2 Å². The Kier molecular flexibility index (Phi) is 4.83. The molecule has 0 N–H and O–H groups in total. The molecule has 0 spiro atoms. The van der Waals surface area contributed by atoms with Crippen LogP contribution < -0.4 is 9.47 Å². The van der Waals surface area contributed by atoms with Crippen LogP contribution in [0, 0.1) is 0 Å². The Morgan fingerprint density at radius 2 is 1.81 bits per heavy atom. The molecule has 0 aromatic heterocycles. The van der Waals surface area contributed by atoms with E-state index in [2.05, 4.69) is 11.0 Å². The van der Waals surface area contributed by atoms with Crippen molar-refractivity contribution in [1.29, 1.82) is 0 Å². The minimum Gasteiger partial charge on any atom is -0.489 e. The highest BCUT2D eigenvalue weighted by Crippen LogP contribution is 2.32. The Bertz CT molecular complexity index is 839. The van der Waals surface area contributed by atoms with Crippen LogP contribution in [0.5, 0.6) is 11.5 Å². The van der Waals surface area contributed by atoms with Crippen LogP contribution in [0.25, 0.3) is 6.08 Å². The summed E-state index contributed by atoms with van der Waals surface area (Å²) in [6.07, 6.45) is -0.890. The maximum Gasteiger partial charge on any atom is 0.416 e. The fraction of sp³-hybridized carbons (Fsp3) is 0.333. The summed E-state index contributed by atoms with van der Waals surface area (Å²) in [4.78, 5) is 2.39. The zero-order chi connectivity index (χ0) is 18.9. The van der Waals surface area contributed by atoms with Gasteiger partial charge in [0.15, 0.2) is 0 Å². The molecule has 27 heavy (non-hydrogen) atoms. The van der Waals surface area contributed by atoms with Crippen molar-refractivity contribution >= 4 is 6.08 Å². The molecular formula is C21H20F3NO2. The standard InChI is InChI=1S/C21H20F3NO2/c22-21(23,24)18-5-2-15(3-6-18)13-26-19-7-4-17-10-16(12-25-8-1-9-25)14-27-20(17)11-19/h2-7,10-11H,1,8-9,12-14H2. The minimum atomic E-state index is -4.32. The lowest BCUT2D eigenvalue weighted by molar-refractivity contribution is -0.137. The second-order valence-corrected chi connectivity index (χ2v) is 6.90. The number of alkyl halides is 3. The normalized spacial score (nSPS) is 16.8. The predicted octanol–water partition coefficient (Wildman–Crippen LogP) is 4.77. The van der Waals surface area contributed by atoms with Gasteiger partial charge in [0.05, 0.1) is 5.56 Å².